The van der Waals surface area contributed by atoms with Crippen molar-refractivity contribution in [3.63, 3.8) is 0 Å². The highest BCUT2D eigenvalue weighted by atomic mass is 32.2. The first-order valence-electron chi connectivity index (χ1n) is 5.96. The number of hydrogen-bond donors (Lipinski definition) is 4. The minimum absolute atomic E-state index is 0.0281. The molecule has 4 N–H and O–H groups in total. The van der Waals surface area contributed by atoms with Crippen LogP contribution in [0, 0.1) is 0 Å². The number of carboxylic acids is 1. The molecule has 9 heteroatoms. The predicted molar refractivity (Wildman–Crippen MR) is 66.5 cm³/mol. The number of aliphatic carboxylic acids is 1. The maximum atomic E-state index is 11.5. The van der Waals surface area contributed by atoms with E-state index in [1.54, 1.807) is 0 Å². The molecule has 19 heavy (non-hydrogen) atoms. The van der Waals surface area contributed by atoms with Crippen molar-refractivity contribution in [2.24, 2.45) is 0 Å². The molecule has 0 spiro atoms. The van der Waals surface area contributed by atoms with Crippen molar-refractivity contribution >= 4 is 21.8 Å². The fourth-order valence-electron chi connectivity index (χ4n) is 1.89. The molecule has 0 saturated carbocycles. The van der Waals surface area contributed by atoms with Crippen LogP contribution >= 0.6 is 0 Å². The molecule has 8 nitrogen and oxygen atoms in total. The quantitative estimate of drug-likeness (QED) is 0.481. The number of urea groups is 1. The second-order valence-electron chi connectivity index (χ2n) is 4.39. The summed E-state index contributed by atoms with van der Waals surface area (Å²) in [6, 6.07) is -1.94. The Hall–Kier alpha value is -1.35. The number of carboxylic acid groups (broad SMARTS) is 1. The standard InChI is InChI=1S/C10H18N2O6S/c13-4-3-8(9(14)15)12-10(16)11-6-7-2-1-5-19(7,17)18/h7-8,13H,1-6H2,(H,14,15)(H2,11,12,16)/t7?,8-/m0/s1. The molecule has 0 aliphatic carbocycles. The van der Waals surface area contributed by atoms with Crippen molar-refractivity contribution in [1.82, 2.24) is 10.6 Å². The van der Waals surface area contributed by atoms with Crippen molar-refractivity contribution in [3.8, 4) is 0 Å². The van der Waals surface area contributed by atoms with Crippen LogP contribution in [0.4, 0.5) is 4.79 Å². The Morgan fingerprint density at radius 1 is 1.37 bits per heavy atom. The molecular weight excluding hydrogens is 276 g/mol. The highest BCUT2D eigenvalue weighted by Crippen LogP contribution is 2.18. The van der Waals surface area contributed by atoms with E-state index in [2.05, 4.69) is 10.6 Å². The van der Waals surface area contributed by atoms with Gasteiger partial charge in [-0.3, -0.25) is 0 Å². The van der Waals surface area contributed by atoms with Gasteiger partial charge >= 0.3 is 12.0 Å². The average Bonchev–Trinajstić information content (AvgIpc) is 2.65. The van der Waals surface area contributed by atoms with Gasteiger partial charge in [0, 0.05) is 19.6 Å². The average molecular weight is 294 g/mol. The maximum Gasteiger partial charge on any atom is 0.326 e. The Morgan fingerprint density at radius 2 is 2.05 bits per heavy atom. The van der Waals surface area contributed by atoms with E-state index in [0.717, 1.165) is 0 Å². The Kier molecular flexibility index (Phi) is 5.55. The lowest BCUT2D eigenvalue weighted by Gasteiger charge is -2.15. The fourth-order valence-corrected chi connectivity index (χ4v) is 3.66. The van der Waals surface area contributed by atoms with Crippen LogP contribution in [-0.4, -0.2) is 60.8 Å². The van der Waals surface area contributed by atoms with Gasteiger partial charge in [-0.2, -0.15) is 0 Å². The van der Waals surface area contributed by atoms with Gasteiger partial charge < -0.3 is 20.8 Å². The van der Waals surface area contributed by atoms with Gasteiger partial charge in [0.25, 0.3) is 0 Å². The number of hydrogen-bond acceptors (Lipinski definition) is 5. The monoisotopic (exact) mass is 294 g/mol. The largest absolute Gasteiger partial charge is 0.480 e. The first kappa shape index (κ1) is 15.7. The highest BCUT2D eigenvalue weighted by Gasteiger charge is 2.31. The van der Waals surface area contributed by atoms with E-state index in [1.807, 2.05) is 0 Å². The van der Waals surface area contributed by atoms with Crippen molar-refractivity contribution in [2.75, 3.05) is 18.9 Å². The summed E-state index contributed by atoms with van der Waals surface area (Å²) in [5, 5.41) is 21.3. The zero-order valence-corrected chi connectivity index (χ0v) is 11.1. The third-order valence-electron chi connectivity index (χ3n) is 2.97. The lowest BCUT2D eigenvalue weighted by atomic mass is 10.2. The maximum absolute atomic E-state index is 11.5. The van der Waals surface area contributed by atoms with E-state index < -0.39 is 33.1 Å². The van der Waals surface area contributed by atoms with Gasteiger partial charge in [-0.15, -0.1) is 0 Å². The van der Waals surface area contributed by atoms with Gasteiger partial charge in [-0.1, -0.05) is 0 Å². The van der Waals surface area contributed by atoms with E-state index in [1.165, 1.54) is 0 Å². The van der Waals surface area contributed by atoms with Crippen LogP contribution in [0.1, 0.15) is 19.3 Å². The van der Waals surface area contributed by atoms with E-state index >= 15 is 0 Å². The Labute approximate surface area is 111 Å². The van der Waals surface area contributed by atoms with Gasteiger partial charge in [0.05, 0.1) is 11.0 Å². The minimum atomic E-state index is -3.14. The van der Waals surface area contributed by atoms with Gasteiger partial charge in [-0.25, -0.2) is 18.0 Å². The summed E-state index contributed by atoms with van der Waals surface area (Å²) in [4.78, 5) is 22.2. The molecule has 110 valence electrons. The summed E-state index contributed by atoms with van der Waals surface area (Å²) in [5.41, 5.74) is 0. The molecule has 1 fully saturated rings. The number of aliphatic hydroxyl groups excluding tert-OH is 1. The van der Waals surface area contributed by atoms with Gasteiger partial charge in [-0.05, 0) is 12.8 Å². The highest BCUT2D eigenvalue weighted by molar-refractivity contribution is 7.92. The summed E-state index contributed by atoms with van der Waals surface area (Å²) in [6.45, 7) is -0.395. The summed E-state index contributed by atoms with van der Waals surface area (Å²) in [5.74, 6) is -1.12. The summed E-state index contributed by atoms with van der Waals surface area (Å²) >= 11 is 0. The first-order chi connectivity index (χ1) is 8.86. The van der Waals surface area contributed by atoms with Crippen LogP contribution in [-0.2, 0) is 14.6 Å². The van der Waals surface area contributed by atoms with Gasteiger partial charge in [0.1, 0.15) is 6.04 Å². The van der Waals surface area contributed by atoms with Crippen molar-refractivity contribution in [3.05, 3.63) is 0 Å². The number of aliphatic hydroxyl groups is 1. The molecule has 2 atom stereocenters. The van der Waals surface area contributed by atoms with Crippen LogP contribution in [0.25, 0.3) is 0 Å². The topological polar surface area (TPSA) is 133 Å². The fraction of sp³-hybridized carbons (Fsp3) is 0.800. The number of sulfone groups is 1. The molecule has 2 amide bonds. The SMILES string of the molecule is O=C(NCC1CCCS1(=O)=O)N[C@@H](CCO)C(=O)O. The molecule has 1 heterocycles. The molecule has 1 aliphatic rings. The zero-order chi connectivity index (χ0) is 14.5. The number of carbonyl (C=O) groups excluding carboxylic acids is 1. The zero-order valence-electron chi connectivity index (χ0n) is 10.3. The van der Waals surface area contributed by atoms with Crippen LogP contribution in [0.3, 0.4) is 0 Å². The van der Waals surface area contributed by atoms with Crippen molar-refractivity contribution in [2.45, 2.75) is 30.6 Å². The molecule has 0 aromatic rings. The molecule has 0 aromatic heterocycles. The van der Waals surface area contributed by atoms with Crippen LogP contribution in [0.2, 0.25) is 0 Å². The number of rotatable bonds is 6. The molecule has 1 unspecified atom stereocenters. The number of nitrogens with one attached hydrogen (secondary N) is 2. The second kappa shape index (κ2) is 6.71. The third-order valence-corrected chi connectivity index (χ3v) is 5.25. The Bertz CT molecular complexity index is 435. The van der Waals surface area contributed by atoms with Gasteiger partial charge in [0.15, 0.2) is 9.84 Å². The molecule has 1 rings (SSSR count). The smallest absolute Gasteiger partial charge is 0.326 e. The van der Waals surface area contributed by atoms with Crippen LogP contribution in [0.5, 0.6) is 0 Å². The predicted octanol–water partition coefficient (Wildman–Crippen LogP) is -1.30. The number of carbonyl (C=O) groups is 2. The van der Waals surface area contributed by atoms with Crippen molar-refractivity contribution in [1.29, 1.82) is 0 Å². The third kappa shape index (κ3) is 4.67. The normalized spacial score (nSPS) is 22.7. The van der Waals surface area contributed by atoms with Gasteiger partial charge in [0.2, 0.25) is 0 Å². The Morgan fingerprint density at radius 3 is 2.53 bits per heavy atom. The summed E-state index contributed by atoms with van der Waals surface area (Å²) < 4.78 is 23.0. The number of amides is 2. The first-order valence-corrected chi connectivity index (χ1v) is 7.68. The lowest BCUT2D eigenvalue weighted by molar-refractivity contribution is -0.139. The lowest BCUT2D eigenvalue weighted by Crippen LogP contribution is -2.48. The molecule has 0 radical (unpaired) electrons. The van der Waals surface area contributed by atoms with Crippen LogP contribution in [0.15, 0.2) is 0 Å². The summed E-state index contributed by atoms with van der Waals surface area (Å²) in [7, 11) is -3.14. The Balaban J connectivity index is 2.41. The molecule has 0 aromatic carbocycles. The summed E-state index contributed by atoms with van der Waals surface area (Å²) in [6.07, 6.45) is 0.977. The molecule has 0 bridgehead atoms. The molecule has 1 aliphatic heterocycles. The van der Waals surface area contributed by atoms with E-state index in [4.69, 9.17) is 10.2 Å². The van der Waals surface area contributed by atoms with E-state index in [0.29, 0.717) is 12.8 Å². The van der Waals surface area contributed by atoms with Crippen molar-refractivity contribution < 1.29 is 28.2 Å². The second-order valence-corrected chi connectivity index (χ2v) is 6.79. The molecule has 1 saturated heterocycles. The minimum Gasteiger partial charge on any atom is -0.480 e. The van der Waals surface area contributed by atoms with E-state index in [-0.39, 0.29) is 25.3 Å². The van der Waals surface area contributed by atoms with E-state index in [9.17, 15) is 18.0 Å². The van der Waals surface area contributed by atoms with Crippen LogP contribution < -0.4 is 10.6 Å². The molecular formula is C10H18N2O6S.